The Bertz CT molecular complexity index is 552. The van der Waals surface area contributed by atoms with Gasteiger partial charge in [0.15, 0.2) is 0 Å². The van der Waals surface area contributed by atoms with E-state index >= 15 is 0 Å². The van der Waals surface area contributed by atoms with Crippen LogP contribution < -0.4 is 4.74 Å². The lowest BCUT2D eigenvalue weighted by molar-refractivity contribution is -0.130. The molecular weight excluding hydrogens is 268 g/mol. The van der Waals surface area contributed by atoms with E-state index in [0.29, 0.717) is 26.1 Å². The van der Waals surface area contributed by atoms with Crippen molar-refractivity contribution >= 4 is 5.91 Å². The van der Waals surface area contributed by atoms with Crippen molar-refractivity contribution in [2.75, 3.05) is 13.7 Å². The normalized spacial score (nSPS) is 10.4. The summed E-state index contributed by atoms with van der Waals surface area (Å²) in [5.41, 5.74) is 1.08. The smallest absolute Gasteiger partial charge is 0.224 e. The lowest BCUT2D eigenvalue weighted by atomic mass is 10.2. The Labute approximate surface area is 124 Å². The Balaban J connectivity index is 1.82. The van der Waals surface area contributed by atoms with Crippen molar-refractivity contribution in [1.82, 2.24) is 19.7 Å². The predicted molar refractivity (Wildman–Crippen MR) is 78.7 cm³/mol. The number of carbonyl (C=O) groups excluding carboxylic acids is 1. The minimum Gasteiger partial charge on any atom is -0.494 e. The minimum atomic E-state index is 0.0828. The molecule has 1 aromatic heterocycles. The summed E-state index contributed by atoms with van der Waals surface area (Å²) >= 11 is 0. The number of hydrogen-bond donors (Lipinski definition) is 0. The molecule has 0 spiro atoms. The van der Waals surface area contributed by atoms with E-state index in [0.717, 1.165) is 11.3 Å². The van der Waals surface area contributed by atoms with E-state index in [9.17, 15) is 4.79 Å². The van der Waals surface area contributed by atoms with Gasteiger partial charge in [0.1, 0.15) is 18.4 Å². The third kappa shape index (κ3) is 4.59. The zero-order chi connectivity index (χ0) is 15.1. The van der Waals surface area contributed by atoms with Crippen LogP contribution in [-0.2, 0) is 17.9 Å². The van der Waals surface area contributed by atoms with Gasteiger partial charge in [0, 0.05) is 20.0 Å². The van der Waals surface area contributed by atoms with Crippen LogP contribution in [0.15, 0.2) is 36.9 Å². The van der Waals surface area contributed by atoms with Crippen LogP contribution in [0.2, 0.25) is 0 Å². The predicted octanol–water partition coefficient (Wildman–Crippen LogP) is 1.73. The average Bonchev–Trinajstić information content (AvgIpc) is 3.00. The van der Waals surface area contributed by atoms with Crippen LogP contribution in [0.25, 0.3) is 0 Å². The van der Waals surface area contributed by atoms with E-state index in [1.54, 1.807) is 23.0 Å². The number of hydrogen-bond acceptors (Lipinski definition) is 4. The molecule has 112 valence electrons. The molecule has 0 saturated carbocycles. The molecule has 0 aliphatic rings. The third-order valence-electron chi connectivity index (χ3n) is 3.10. The average molecular weight is 288 g/mol. The minimum absolute atomic E-state index is 0.0828. The molecule has 0 unspecified atom stereocenters. The largest absolute Gasteiger partial charge is 0.494 e. The standard InChI is InChI=1S/C15H20N4O2/c1-3-21-14-6-4-13(5-7-14)10-18(2)15(20)8-9-19-12-16-11-17-19/h4-7,11-12H,3,8-10H2,1-2H3. The number of aryl methyl sites for hydroxylation is 1. The Kier molecular flexibility index (Phi) is 5.31. The van der Waals surface area contributed by atoms with Gasteiger partial charge in [-0.15, -0.1) is 0 Å². The van der Waals surface area contributed by atoms with E-state index in [1.807, 2.05) is 31.2 Å². The molecule has 0 aliphatic heterocycles. The first-order valence-electron chi connectivity index (χ1n) is 6.97. The number of ether oxygens (including phenoxy) is 1. The number of nitrogens with zero attached hydrogens (tertiary/aromatic N) is 4. The van der Waals surface area contributed by atoms with Gasteiger partial charge in [-0.1, -0.05) is 12.1 Å². The van der Waals surface area contributed by atoms with Crippen LogP contribution in [0.3, 0.4) is 0 Å². The van der Waals surface area contributed by atoms with E-state index < -0.39 is 0 Å². The fraction of sp³-hybridized carbons (Fsp3) is 0.400. The van der Waals surface area contributed by atoms with Crippen LogP contribution in [0, 0.1) is 0 Å². The highest BCUT2D eigenvalue weighted by molar-refractivity contribution is 5.75. The summed E-state index contributed by atoms with van der Waals surface area (Å²) in [6.07, 6.45) is 3.49. The number of carbonyl (C=O) groups is 1. The molecule has 0 aliphatic carbocycles. The summed E-state index contributed by atoms with van der Waals surface area (Å²) in [6, 6.07) is 7.80. The van der Waals surface area contributed by atoms with Gasteiger partial charge in [-0.05, 0) is 24.6 Å². The first kappa shape index (κ1) is 15.0. The third-order valence-corrected chi connectivity index (χ3v) is 3.10. The van der Waals surface area contributed by atoms with Gasteiger partial charge in [0.25, 0.3) is 0 Å². The van der Waals surface area contributed by atoms with Crippen LogP contribution in [-0.4, -0.2) is 39.2 Å². The van der Waals surface area contributed by atoms with Gasteiger partial charge >= 0.3 is 0 Å². The molecule has 6 heteroatoms. The Morgan fingerprint density at radius 3 is 2.71 bits per heavy atom. The SMILES string of the molecule is CCOc1ccc(CN(C)C(=O)CCn2cncn2)cc1. The van der Waals surface area contributed by atoms with Crippen molar-refractivity contribution in [3.8, 4) is 5.75 Å². The highest BCUT2D eigenvalue weighted by atomic mass is 16.5. The fourth-order valence-electron chi connectivity index (χ4n) is 1.97. The van der Waals surface area contributed by atoms with E-state index in [4.69, 9.17) is 4.74 Å². The molecule has 1 heterocycles. The molecule has 1 aromatic carbocycles. The fourth-order valence-corrected chi connectivity index (χ4v) is 1.97. The highest BCUT2D eigenvalue weighted by Crippen LogP contribution is 2.13. The lowest BCUT2D eigenvalue weighted by Gasteiger charge is -2.17. The summed E-state index contributed by atoms with van der Waals surface area (Å²) in [7, 11) is 1.81. The second-order valence-corrected chi connectivity index (χ2v) is 4.74. The zero-order valence-electron chi connectivity index (χ0n) is 12.4. The molecule has 2 aromatic rings. The van der Waals surface area contributed by atoms with Crippen LogP contribution in [0.4, 0.5) is 0 Å². The van der Waals surface area contributed by atoms with Crippen molar-refractivity contribution in [3.63, 3.8) is 0 Å². The van der Waals surface area contributed by atoms with Gasteiger partial charge in [0.05, 0.1) is 13.2 Å². The van der Waals surface area contributed by atoms with Crippen molar-refractivity contribution in [1.29, 1.82) is 0 Å². The maximum atomic E-state index is 12.1. The number of rotatable bonds is 7. The first-order valence-corrected chi connectivity index (χ1v) is 6.97. The molecule has 0 bridgehead atoms. The van der Waals surface area contributed by atoms with Crippen molar-refractivity contribution in [3.05, 3.63) is 42.5 Å². The highest BCUT2D eigenvalue weighted by Gasteiger charge is 2.09. The zero-order valence-corrected chi connectivity index (χ0v) is 12.4. The molecule has 0 N–H and O–H groups in total. The maximum Gasteiger partial charge on any atom is 0.224 e. The van der Waals surface area contributed by atoms with Crippen molar-refractivity contribution in [2.45, 2.75) is 26.4 Å². The van der Waals surface area contributed by atoms with Gasteiger partial charge in [-0.25, -0.2) is 4.98 Å². The van der Waals surface area contributed by atoms with Crippen molar-refractivity contribution < 1.29 is 9.53 Å². The Morgan fingerprint density at radius 1 is 1.33 bits per heavy atom. The monoisotopic (exact) mass is 288 g/mol. The molecular formula is C15H20N4O2. The summed E-state index contributed by atoms with van der Waals surface area (Å²) in [5.74, 6) is 0.931. The summed E-state index contributed by atoms with van der Waals surface area (Å²) in [5, 5.41) is 3.98. The molecule has 0 radical (unpaired) electrons. The van der Waals surface area contributed by atoms with Crippen LogP contribution >= 0.6 is 0 Å². The van der Waals surface area contributed by atoms with Crippen LogP contribution in [0.5, 0.6) is 5.75 Å². The summed E-state index contributed by atoms with van der Waals surface area (Å²) in [4.78, 5) is 17.6. The van der Waals surface area contributed by atoms with Gasteiger partial charge < -0.3 is 9.64 Å². The molecule has 0 fully saturated rings. The Hall–Kier alpha value is -2.37. The first-order chi connectivity index (χ1) is 10.2. The molecule has 1 amide bonds. The van der Waals surface area contributed by atoms with Crippen molar-refractivity contribution in [2.24, 2.45) is 0 Å². The van der Waals surface area contributed by atoms with Gasteiger partial charge in [-0.3, -0.25) is 9.48 Å². The van der Waals surface area contributed by atoms with E-state index in [2.05, 4.69) is 10.1 Å². The summed E-state index contributed by atoms with van der Waals surface area (Å²) < 4.78 is 7.05. The summed E-state index contributed by atoms with van der Waals surface area (Å²) in [6.45, 7) is 3.74. The molecule has 0 atom stereocenters. The number of amides is 1. The quantitative estimate of drug-likeness (QED) is 0.778. The Morgan fingerprint density at radius 2 is 2.10 bits per heavy atom. The molecule has 2 rings (SSSR count). The maximum absolute atomic E-state index is 12.1. The molecule has 6 nitrogen and oxygen atoms in total. The topological polar surface area (TPSA) is 60.2 Å². The number of benzene rings is 1. The number of aromatic nitrogens is 3. The van der Waals surface area contributed by atoms with Gasteiger partial charge in [-0.2, -0.15) is 5.10 Å². The van der Waals surface area contributed by atoms with E-state index in [1.165, 1.54) is 6.33 Å². The van der Waals surface area contributed by atoms with E-state index in [-0.39, 0.29) is 5.91 Å². The lowest BCUT2D eigenvalue weighted by Crippen LogP contribution is -2.27. The second-order valence-electron chi connectivity index (χ2n) is 4.74. The van der Waals surface area contributed by atoms with Crippen LogP contribution in [0.1, 0.15) is 18.9 Å². The molecule has 21 heavy (non-hydrogen) atoms. The van der Waals surface area contributed by atoms with Gasteiger partial charge in [0.2, 0.25) is 5.91 Å². The molecule has 0 saturated heterocycles. The second kappa shape index (κ2) is 7.42.